The molecule has 35 heavy (non-hydrogen) atoms. The molecule has 0 saturated carbocycles. The fourth-order valence-electron chi connectivity index (χ4n) is 3.23. The third-order valence-electron chi connectivity index (χ3n) is 4.70. The quantitative estimate of drug-likeness (QED) is 0.334. The van der Waals surface area contributed by atoms with Crippen LogP contribution >= 0.6 is 31.9 Å². The van der Waals surface area contributed by atoms with Gasteiger partial charge in [-0.05, 0) is 94.4 Å². The van der Waals surface area contributed by atoms with E-state index in [0.29, 0.717) is 26.0 Å². The van der Waals surface area contributed by atoms with Gasteiger partial charge in [0.2, 0.25) is 11.8 Å². The summed E-state index contributed by atoms with van der Waals surface area (Å²) < 4.78 is 13.4. The molecule has 0 aliphatic heterocycles. The van der Waals surface area contributed by atoms with E-state index >= 15 is 0 Å². The van der Waals surface area contributed by atoms with Gasteiger partial charge in [-0.2, -0.15) is 0 Å². The minimum atomic E-state index is -1.38. The molecule has 190 valence electrons. The summed E-state index contributed by atoms with van der Waals surface area (Å²) in [6.07, 6.45) is -0.588. The minimum absolute atomic E-state index is 0.101. The number of hydrogen-bond donors (Lipinski definition) is 3. The Bertz CT molecular complexity index is 1090. The van der Waals surface area contributed by atoms with Crippen LogP contribution in [0.4, 0.5) is 0 Å². The first-order valence-corrected chi connectivity index (χ1v) is 12.5. The monoisotopic (exact) mass is 612 g/mol. The smallest absolute Gasteiger partial charge is 0.326 e. The maximum Gasteiger partial charge on any atom is 0.326 e. The second-order valence-electron chi connectivity index (χ2n) is 9.36. The molecule has 0 aromatic heterocycles. The lowest BCUT2D eigenvalue weighted by Gasteiger charge is -2.25. The van der Waals surface area contributed by atoms with Crippen molar-refractivity contribution in [3.8, 4) is 17.2 Å². The van der Waals surface area contributed by atoms with Crippen LogP contribution in [0.15, 0.2) is 39.3 Å². The Balaban J connectivity index is 2.21. The van der Waals surface area contributed by atoms with Crippen LogP contribution < -0.4 is 20.5 Å². The number of carboxylic acid groups (broad SMARTS) is 1. The number of amides is 2. The molecule has 0 saturated heterocycles. The van der Waals surface area contributed by atoms with Gasteiger partial charge in [0.25, 0.3) is 0 Å². The first-order chi connectivity index (χ1) is 16.2. The summed E-state index contributed by atoms with van der Waals surface area (Å²) in [6.45, 7) is 10.2. The molecule has 2 rings (SSSR count). The number of nitrogens with one attached hydrogen (secondary N) is 1. The number of nitrogens with two attached hydrogens (primary N) is 1. The van der Waals surface area contributed by atoms with E-state index in [0.717, 1.165) is 11.3 Å². The predicted molar refractivity (Wildman–Crippen MR) is 140 cm³/mol. The molecule has 0 unspecified atom stereocenters. The molecular formula is C25H30Br2N2O6. The number of ether oxygens (including phenoxy) is 2. The van der Waals surface area contributed by atoms with Crippen molar-refractivity contribution in [1.29, 1.82) is 0 Å². The van der Waals surface area contributed by atoms with Gasteiger partial charge >= 0.3 is 5.97 Å². The molecule has 0 spiro atoms. The van der Waals surface area contributed by atoms with Crippen molar-refractivity contribution in [3.63, 3.8) is 0 Å². The maximum atomic E-state index is 12.3. The second-order valence-corrected chi connectivity index (χ2v) is 11.1. The van der Waals surface area contributed by atoms with Gasteiger partial charge in [0.15, 0.2) is 5.75 Å². The highest BCUT2D eigenvalue weighted by molar-refractivity contribution is 9.11. The molecule has 0 radical (unpaired) electrons. The highest BCUT2D eigenvalue weighted by atomic mass is 79.9. The summed E-state index contributed by atoms with van der Waals surface area (Å²) >= 11 is 6.97. The summed E-state index contributed by atoms with van der Waals surface area (Å²) in [4.78, 5) is 34.6. The van der Waals surface area contributed by atoms with Gasteiger partial charge in [-0.15, -0.1) is 0 Å². The third kappa shape index (κ3) is 8.85. The van der Waals surface area contributed by atoms with E-state index in [2.05, 4.69) is 51.0 Å². The Morgan fingerprint density at radius 1 is 1.09 bits per heavy atom. The molecule has 0 bridgehead atoms. The minimum Gasteiger partial charge on any atom is -0.488 e. The molecule has 2 aromatic rings. The van der Waals surface area contributed by atoms with Crippen LogP contribution in [0.25, 0.3) is 0 Å². The van der Waals surface area contributed by atoms with Crippen LogP contribution in [0, 0.1) is 0 Å². The average Bonchev–Trinajstić information content (AvgIpc) is 2.69. The van der Waals surface area contributed by atoms with Crippen molar-refractivity contribution in [3.05, 3.63) is 50.4 Å². The second kappa shape index (κ2) is 11.9. The molecule has 8 nitrogen and oxygen atoms in total. The van der Waals surface area contributed by atoms with Crippen LogP contribution in [0.1, 0.15) is 58.1 Å². The summed E-state index contributed by atoms with van der Waals surface area (Å²) in [5.74, 6) is -0.542. The average molecular weight is 614 g/mol. The zero-order valence-electron chi connectivity index (χ0n) is 20.3. The summed E-state index contributed by atoms with van der Waals surface area (Å²) in [5.41, 5.74) is 6.35. The largest absolute Gasteiger partial charge is 0.488 e. The van der Waals surface area contributed by atoms with Crippen LogP contribution in [0.5, 0.6) is 17.2 Å². The van der Waals surface area contributed by atoms with Crippen LogP contribution in [-0.4, -0.2) is 34.5 Å². The van der Waals surface area contributed by atoms with Crippen LogP contribution in [0.2, 0.25) is 0 Å². The first kappa shape index (κ1) is 28.6. The standard InChI is InChI=1S/C25H30Br2N2O6/c1-13(2)16-11-15(6-7-20(16)35-25(3,4)5)34-23-17(26)8-14(9-18(23)27)10-22(31)29-19(24(32)33)12-21(28)30/h6-9,11,13,19H,10,12H2,1-5H3,(H2,28,30)(H,29,31)(H,32,33)/t19-/m0/s1. The zero-order valence-corrected chi connectivity index (χ0v) is 23.4. The number of aliphatic carboxylic acids is 1. The Kier molecular flexibility index (Phi) is 9.74. The molecular weight excluding hydrogens is 584 g/mol. The van der Waals surface area contributed by atoms with Crippen LogP contribution in [-0.2, 0) is 20.8 Å². The van der Waals surface area contributed by atoms with Crippen LogP contribution in [0.3, 0.4) is 0 Å². The van der Waals surface area contributed by atoms with Crippen molar-refractivity contribution in [2.24, 2.45) is 5.73 Å². The van der Waals surface area contributed by atoms with E-state index in [1.165, 1.54) is 0 Å². The summed E-state index contributed by atoms with van der Waals surface area (Å²) in [7, 11) is 0. The number of halogens is 2. The van der Waals surface area contributed by atoms with Gasteiger partial charge in [-0.3, -0.25) is 9.59 Å². The van der Waals surface area contributed by atoms with E-state index in [1.54, 1.807) is 12.1 Å². The molecule has 0 fully saturated rings. The number of benzene rings is 2. The summed E-state index contributed by atoms with van der Waals surface area (Å²) in [6, 6.07) is 7.71. The van der Waals surface area contributed by atoms with E-state index in [1.807, 2.05) is 39.0 Å². The fourth-order valence-corrected chi connectivity index (χ4v) is 4.67. The topological polar surface area (TPSA) is 128 Å². The SMILES string of the molecule is CC(C)c1cc(Oc2c(Br)cc(CC(=O)N[C@@H](CC(N)=O)C(=O)O)cc2Br)ccc1OC(C)(C)C. The van der Waals surface area contributed by atoms with E-state index < -0.39 is 30.2 Å². The first-order valence-electron chi connectivity index (χ1n) is 11.0. The van der Waals surface area contributed by atoms with E-state index in [9.17, 15) is 14.4 Å². The number of carbonyl (C=O) groups excluding carboxylic acids is 2. The molecule has 0 heterocycles. The van der Waals surface area contributed by atoms with E-state index in [4.69, 9.17) is 20.3 Å². The van der Waals surface area contributed by atoms with Crippen molar-refractivity contribution in [2.45, 2.75) is 65.0 Å². The predicted octanol–water partition coefficient (Wildman–Crippen LogP) is 5.29. The van der Waals surface area contributed by atoms with Gasteiger partial charge < -0.3 is 25.6 Å². The lowest BCUT2D eigenvalue weighted by atomic mass is 10.0. The number of carbonyl (C=O) groups is 3. The number of primary amides is 1. The highest BCUT2D eigenvalue weighted by Crippen LogP contribution is 2.40. The third-order valence-corrected chi connectivity index (χ3v) is 5.88. The molecule has 0 aliphatic rings. The summed E-state index contributed by atoms with van der Waals surface area (Å²) in [5, 5.41) is 11.5. The van der Waals surface area contributed by atoms with Gasteiger partial charge in [0, 0.05) is 5.56 Å². The molecule has 2 amide bonds. The van der Waals surface area contributed by atoms with Gasteiger partial charge in [-0.1, -0.05) is 13.8 Å². The number of carboxylic acids is 1. The fraction of sp³-hybridized carbons (Fsp3) is 0.400. The van der Waals surface area contributed by atoms with E-state index in [-0.39, 0.29) is 17.9 Å². The molecule has 0 aliphatic carbocycles. The molecule has 4 N–H and O–H groups in total. The van der Waals surface area contributed by atoms with Gasteiger partial charge in [0.1, 0.15) is 23.1 Å². The Morgan fingerprint density at radius 3 is 2.17 bits per heavy atom. The van der Waals surface area contributed by atoms with Crippen molar-refractivity contribution in [2.75, 3.05) is 0 Å². The Morgan fingerprint density at radius 2 is 1.69 bits per heavy atom. The van der Waals surface area contributed by atoms with Crippen molar-refractivity contribution < 1.29 is 29.0 Å². The highest BCUT2D eigenvalue weighted by Gasteiger charge is 2.23. The molecule has 10 heteroatoms. The van der Waals surface area contributed by atoms with Crippen molar-refractivity contribution in [1.82, 2.24) is 5.32 Å². The Hall–Kier alpha value is -2.59. The molecule has 1 atom stereocenters. The Labute approximate surface area is 221 Å². The van der Waals surface area contributed by atoms with Crippen molar-refractivity contribution >= 4 is 49.6 Å². The number of hydrogen-bond acceptors (Lipinski definition) is 5. The lowest BCUT2D eigenvalue weighted by Crippen LogP contribution is -2.43. The molecule has 2 aromatic carbocycles. The van der Waals surface area contributed by atoms with Gasteiger partial charge in [-0.25, -0.2) is 4.79 Å². The normalized spacial score (nSPS) is 12.2. The zero-order chi connectivity index (χ0) is 26.5. The lowest BCUT2D eigenvalue weighted by molar-refractivity contribution is -0.143. The maximum absolute atomic E-state index is 12.3. The van der Waals surface area contributed by atoms with Gasteiger partial charge in [0.05, 0.1) is 21.8 Å². The number of rotatable bonds is 10.